The van der Waals surface area contributed by atoms with Crippen molar-refractivity contribution < 1.29 is 0 Å². The molecule has 0 aromatic heterocycles. The molecule has 1 heteroatoms. The fourth-order valence-electron chi connectivity index (χ4n) is 4.21. The maximum atomic E-state index is 2.45. The minimum absolute atomic E-state index is 0.0459. The van der Waals surface area contributed by atoms with E-state index in [-0.39, 0.29) is 10.8 Å². The summed E-state index contributed by atoms with van der Waals surface area (Å²) < 4.78 is 0. The molecule has 0 saturated carbocycles. The molecule has 0 saturated heterocycles. The Labute approximate surface area is 161 Å². The van der Waals surface area contributed by atoms with Crippen molar-refractivity contribution in [2.45, 2.75) is 73.8 Å². The molecular weight excluding hydrogens is 314 g/mol. The molecule has 0 fully saturated rings. The lowest BCUT2D eigenvalue weighted by molar-refractivity contribution is 0.157. The SMILES string of the molecule is Cc1cc(C)c(C)c(C(C)(C)C(C)(C)C(C)N(C)c2ccccc2C)c1. The molecule has 2 aromatic carbocycles. The van der Waals surface area contributed by atoms with E-state index in [1.807, 2.05) is 0 Å². The Morgan fingerprint density at radius 2 is 1.42 bits per heavy atom. The molecular formula is C25H37N. The van der Waals surface area contributed by atoms with Gasteiger partial charge in [-0.1, -0.05) is 63.6 Å². The maximum Gasteiger partial charge on any atom is 0.0395 e. The third kappa shape index (κ3) is 3.41. The smallest absolute Gasteiger partial charge is 0.0395 e. The molecule has 142 valence electrons. The highest BCUT2D eigenvalue weighted by atomic mass is 15.1. The number of hydrogen-bond donors (Lipinski definition) is 0. The Balaban J connectivity index is 2.49. The van der Waals surface area contributed by atoms with Crippen LogP contribution in [0, 0.1) is 33.1 Å². The summed E-state index contributed by atoms with van der Waals surface area (Å²) in [6, 6.07) is 13.8. The molecule has 2 rings (SSSR count). The predicted molar refractivity (Wildman–Crippen MR) is 117 cm³/mol. The number of para-hydroxylation sites is 1. The zero-order valence-corrected chi connectivity index (χ0v) is 18.5. The van der Waals surface area contributed by atoms with Crippen LogP contribution in [0.25, 0.3) is 0 Å². The quantitative estimate of drug-likeness (QED) is 0.576. The van der Waals surface area contributed by atoms with E-state index in [2.05, 4.69) is 111 Å². The van der Waals surface area contributed by atoms with Crippen LogP contribution < -0.4 is 4.90 Å². The van der Waals surface area contributed by atoms with Crippen LogP contribution >= 0.6 is 0 Å². The maximum absolute atomic E-state index is 2.45. The zero-order chi connectivity index (χ0) is 19.9. The van der Waals surface area contributed by atoms with Crippen LogP contribution in [0.2, 0.25) is 0 Å². The number of benzene rings is 2. The standard InChI is InChI=1S/C25H37N/c1-17-15-19(3)20(4)22(16-17)25(8,9)24(6,7)21(5)26(10)23-14-12-11-13-18(23)2/h11-16,21H,1-10H3. The lowest BCUT2D eigenvalue weighted by atomic mass is 9.59. The van der Waals surface area contributed by atoms with Crippen molar-refractivity contribution in [3.8, 4) is 0 Å². The minimum atomic E-state index is 0.0459. The van der Waals surface area contributed by atoms with Crippen LogP contribution in [-0.2, 0) is 5.41 Å². The molecule has 1 atom stereocenters. The van der Waals surface area contributed by atoms with Crippen LogP contribution in [0.15, 0.2) is 36.4 Å². The van der Waals surface area contributed by atoms with Crippen molar-refractivity contribution in [1.82, 2.24) is 0 Å². The van der Waals surface area contributed by atoms with Gasteiger partial charge in [-0.3, -0.25) is 0 Å². The molecule has 2 aromatic rings. The van der Waals surface area contributed by atoms with Crippen molar-refractivity contribution in [3.63, 3.8) is 0 Å². The van der Waals surface area contributed by atoms with Crippen LogP contribution in [0.4, 0.5) is 5.69 Å². The highest BCUT2D eigenvalue weighted by molar-refractivity contribution is 5.54. The van der Waals surface area contributed by atoms with Gasteiger partial charge in [0.2, 0.25) is 0 Å². The van der Waals surface area contributed by atoms with Gasteiger partial charge in [0.05, 0.1) is 0 Å². The second-order valence-electron chi connectivity index (χ2n) is 9.17. The van der Waals surface area contributed by atoms with Gasteiger partial charge in [-0.05, 0) is 73.8 Å². The molecule has 1 unspecified atom stereocenters. The number of anilines is 1. The Bertz CT molecular complexity index is 783. The van der Waals surface area contributed by atoms with E-state index < -0.39 is 0 Å². The third-order valence-electron chi connectivity index (χ3n) is 7.22. The number of nitrogens with zero attached hydrogens (tertiary/aromatic N) is 1. The summed E-state index contributed by atoms with van der Waals surface area (Å²) in [4.78, 5) is 2.45. The van der Waals surface area contributed by atoms with E-state index in [1.54, 1.807) is 0 Å². The summed E-state index contributed by atoms with van der Waals surface area (Å²) in [7, 11) is 2.24. The molecule has 0 heterocycles. The predicted octanol–water partition coefficient (Wildman–Crippen LogP) is 6.75. The van der Waals surface area contributed by atoms with Gasteiger partial charge < -0.3 is 4.90 Å². The first-order chi connectivity index (χ1) is 11.9. The molecule has 0 aliphatic heterocycles. The average molecular weight is 352 g/mol. The van der Waals surface area contributed by atoms with E-state index in [0.717, 1.165) is 0 Å². The number of rotatable bonds is 5. The van der Waals surface area contributed by atoms with Crippen molar-refractivity contribution in [3.05, 3.63) is 64.2 Å². The van der Waals surface area contributed by atoms with Crippen molar-refractivity contribution in [2.75, 3.05) is 11.9 Å². The van der Waals surface area contributed by atoms with Gasteiger partial charge in [-0.15, -0.1) is 0 Å². The van der Waals surface area contributed by atoms with Crippen LogP contribution in [0.1, 0.15) is 62.4 Å². The van der Waals surface area contributed by atoms with E-state index in [9.17, 15) is 0 Å². The third-order valence-corrected chi connectivity index (χ3v) is 7.22. The lowest BCUT2D eigenvalue weighted by Gasteiger charge is -2.50. The molecule has 0 amide bonds. The first-order valence-corrected chi connectivity index (χ1v) is 9.78. The largest absolute Gasteiger partial charge is 0.371 e. The monoisotopic (exact) mass is 351 g/mol. The second-order valence-corrected chi connectivity index (χ2v) is 9.17. The van der Waals surface area contributed by atoms with Crippen LogP contribution in [-0.4, -0.2) is 13.1 Å². The summed E-state index contributed by atoms with van der Waals surface area (Å²) in [5, 5.41) is 0. The number of aryl methyl sites for hydroxylation is 3. The fraction of sp³-hybridized carbons (Fsp3) is 0.520. The Morgan fingerprint density at radius 3 is 2.00 bits per heavy atom. The fourth-order valence-corrected chi connectivity index (χ4v) is 4.21. The van der Waals surface area contributed by atoms with Crippen LogP contribution in [0.3, 0.4) is 0 Å². The molecule has 0 radical (unpaired) electrons. The molecule has 0 aliphatic carbocycles. The summed E-state index contributed by atoms with van der Waals surface area (Å²) in [5.41, 5.74) is 8.43. The Morgan fingerprint density at radius 1 is 0.846 bits per heavy atom. The Hall–Kier alpha value is -1.76. The highest BCUT2D eigenvalue weighted by Crippen LogP contribution is 2.47. The Kier molecular flexibility index (Phi) is 5.61. The van der Waals surface area contributed by atoms with Gasteiger partial charge in [0.1, 0.15) is 0 Å². The number of hydrogen-bond acceptors (Lipinski definition) is 1. The topological polar surface area (TPSA) is 3.24 Å². The molecule has 0 aliphatic rings. The summed E-state index contributed by atoms with van der Waals surface area (Å²) in [6.45, 7) is 21.0. The van der Waals surface area contributed by atoms with E-state index in [1.165, 1.54) is 33.5 Å². The minimum Gasteiger partial charge on any atom is -0.371 e. The van der Waals surface area contributed by atoms with Gasteiger partial charge in [0.25, 0.3) is 0 Å². The van der Waals surface area contributed by atoms with Crippen LogP contribution in [0.5, 0.6) is 0 Å². The zero-order valence-electron chi connectivity index (χ0n) is 18.5. The first kappa shape index (κ1) is 20.6. The van der Waals surface area contributed by atoms with E-state index in [4.69, 9.17) is 0 Å². The van der Waals surface area contributed by atoms with Gasteiger partial charge in [0, 0.05) is 18.8 Å². The van der Waals surface area contributed by atoms with Gasteiger partial charge in [-0.25, -0.2) is 0 Å². The molecule has 1 nitrogen and oxygen atoms in total. The molecule has 26 heavy (non-hydrogen) atoms. The molecule has 0 spiro atoms. The van der Waals surface area contributed by atoms with E-state index in [0.29, 0.717) is 6.04 Å². The summed E-state index contributed by atoms with van der Waals surface area (Å²) >= 11 is 0. The molecule has 0 bridgehead atoms. The highest BCUT2D eigenvalue weighted by Gasteiger charge is 2.44. The van der Waals surface area contributed by atoms with Crippen molar-refractivity contribution in [2.24, 2.45) is 5.41 Å². The lowest BCUT2D eigenvalue weighted by Crippen LogP contribution is -2.51. The molecule has 0 N–H and O–H groups in total. The van der Waals surface area contributed by atoms with Gasteiger partial charge >= 0.3 is 0 Å². The van der Waals surface area contributed by atoms with Gasteiger partial charge in [-0.2, -0.15) is 0 Å². The van der Waals surface area contributed by atoms with Crippen molar-refractivity contribution >= 4 is 5.69 Å². The average Bonchev–Trinajstić information content (AvgIpc) is 2.56. The van der Waals surface area contributed by atoms with Gasteiger partial charge in [0.15, 0.2) is 0 Å². The normalized spacial score (nSPS) is 13.6. The second kappa shape index (κ2) is 7.10. The first-order valence-electron chi connectivity index (χ1n) is 9.78. The summed E-state index contributed by atoms with van der Waals surface area (Å²) in [5.74, 6) is 0. The van der Waals surface area contributed by atoms with Crippen molar-refractivity contribution in [1.29, 1.82) is 0 Å². The van der Waals surface area contributed by atoms with E-state index >= 15 is 0 Å². The summed E-state index contributed by atoms with van der Waals surface area (Å²) in [6.07, 6.45) is 0.